The second kappa shape index (κ2) is 4.56. The summed E-state index contributed by atoms with van der Waals surface area (Å²) in [5, 5.41) is 9.26. The number of aromatic hydroxyl groups is 1. The van der Waals surface area contributed by atoms with Gasteiger partial charge >= 0.3 is 0 Å². The van der Waals surface area contributed by atoms with Crippen LogP contribution in [0.25, 0.3) is 0 Å². The number of anilines is 1. The van der Waals surface area contributed by atoms with Crippen LogP contribution in [0.4, 0.5) is 5.69 Å². The minimum atomic E-state index is 0.264. The highest BCUT2D eigenvalue weighted by molar-refractivity contribution is 5.51. The average Bonchev–Trinajstić information content (AvgIpc) is 2.24. The molecule has 0 unspecified atom stereocenters. The quantitative estimate of drug-likeness (QED) is 0.729. The molecule has 0 atom stereocenters. The summed E-state index contributed by atoms with van der Waals surface area (Å²) >= 11 is 0. The van der Waals surface area contributed by atoms with Gasteiger partial charge in [-0.25, -0.2) is 0 Å². The molecule has 2 nitrogen and oxygen atoms in total. The van der Waals surface area contributed by atoms with Crippen molar-refractivity contribution in [2.45, 2.75) is 38.5 Å². The van der Waals surface area contributed by atoms with Crippen molar-refractivity contribution in [3.05, 3.63) is 23.8 Å². The number of hydrogen-bond acceptors (Lipinski definition) is 2. The van der Waals surface area contributed by atoms with Crippen LogP contribution >= 0.6 is 0 Å². The lowest BCUT2D eigenvalue weighted by Crippen LogP contribution is -2.10. The maximum absolute atomic E-state index is 9.26. The van der Waals surface area contributed by atoms with E-state index in [2.05, 4.69) is 0 Å². The van der Waals surface area contributed by atoms with E-state index in [9.17, 15) is 5.11 Å². The van der Waals surface area contributed by atoms with Crippen LogP contribution in [0.1, 0.15) is 37.7 Å². The Morgan fingerprint density at radius 1 is 1.20 bits per heavy atom. The largest absolute Gasteiger partial charge is 0.508 e. The van der Waals surface area contributed by atoms with Gasteiger partial charge in [0.05, 0.1) is 0 Å². The second-order valence-electron chi connectivity index (χ2n) is 4.59. The van der Waals surface area contributed by atoms with Gasteiger partial charge in [0.2, 0.25) is 0 Å². The highest BCUT2D eigenvalue weighted by Gasteiger charge is 2.14. The van der Waals surface area contributed by atoms with Gasteiger partial charge in [0.15, 0.2) is 0 Å². The second-order valence-corrected chi connectivity index (χ2v) is 4.59. The monoisotopic (exact) mass is 205 g/mol. The normalized spacial score (nSPS) is 17.9. The zero-order chi connectivity index (χ0) is 10.7. The molecule has 1 aromatic carbocycles. The maximum atomic E-state index is 9.26. The standard InChI is InChI=1S/C13H19NO/c14-13-9-12(15)7-6-11(13)8-10-4-2-1-3-5-10/h6-7,9-10,15H,1-5,8,14H2. The molecular weight excluding hydrogens is 186 g/mol. The lowest BCUT2D eigenvalue weighted by atomic mass is 9.84. The maximum Gasteiger partial charge on any atom is 0.117 e. The zero-order valence-corrected chi connectivity index (χ0v) is 9.08. The Balaban J connectivity index is 2.03. The van der Waals surface area contributed by atoms with E-state index in [4.69, 9.17) is 5.73 Å². The van der Waals surface area contributed by atoms with E-state index in [0.29, 0.717) is 0 Å². The van der Waals surface area contributed by atoms with E-state index in [0.717, 1.165) is 18.0 Å². The Labute approximate surface area is 91.1 Å². The fourth-order valence-electron chi connectivity index (χ4n) is 2.47. The highest BCUT2D eigenvalue weighted by atomic mass is 16.3. The molecule has 1 aliphatic rings. The van der Waals surface area contributed by atoms with Gasteiger partial charge in [-0.1, -0.05) is 38.2 Å². The number of nitrogens with two attached hydrogens (primary N) is 1. The van der Waals surface area contributed by atoms with Crippen molar-refractivity contribution in [3.63, 3.8) is 0 Å². The summed E-state index contributed by atoms with van der Waals surface area (Å²) in [7, 11) is 0. The van der Waals surface area contributed by atoms with Crippen molar-refractivity contribution >= 4 is 5.69 Å². The summed E-state index contributed by atoms with van der Waals surface area (Å²) in [6, 6.07) is 5.34. The van der Waals surface area contributed by atoms with Crippen molar-refractivity contribution in [1.29, 1.82) is 0 Å². The van der Waals surface area contributed by atoms with Gasteiger partial charge in [0.25, 0.3) is 0 Å². The molecule has 15 heavy (non-hydrogen) atoms. The summed E-state index contributed by atoms with van der Waals surface area (Å²) < 4.78 is 0. The topological polar surface area (TPSA) is 46.2 Å². The number of nitrogen functional groups attached to an aromatic ring is 1. The van der Waals surface area contributed by atoms with E-state index in [1.54, 1.807) is 12.1 Å². The van der Waals surface area contributed by atoms with Crippen LogP contribution in [0.5, 0.6) is 5.75 Å². The SMILES string of the molecule is Nc1cc(O)ccc1CC1CCCCC1. The number of benzene rings is 1. The smallest absolute Gasteiger partial charge is 0.117 e. The van der Waals surface area contributed by atoms with Crippen LogP contribution in [0.3, 0.4) is 0 Å². The Morgan fingerprint density at radius 3 is 2.60 bits per heavy atom. The molecule has 0 aromatic heterocycles. The summed E-state index contributed by atoms with van der Waals surface area (Å²) in [6.45, 7) is 0. The molecule has 0 amide bonds. The van der Waals surface area contributed by atoms with Gasteiger partial charge in [-0.15, -0.1) is 0 Å². The molecule has 2 heteroatoms. The molecule has 0 aliphatic heterocycles. The van der Waals surface area contributed by atoms with Gasteiger partial charge in [-0.3, -0.25) is 0 Å². The first-order valence-electron chi connectivity index (χ1n) is 5.83. The molecule has 0 radical (unpaired) electrons. The van der Waals surface area contributed by atoms with Gasteiger partial charge in [0, 0.05) is 11.8 Å². The molecule has 0 heterocycles. The van der Waals surface area contributed by atoms with Gasteiger partial charge in [-0.2, -0.15) is 0 Å². The van der Waals surface area contributed by atoms with Gasteiger partial charge in [-0.05, 0) is 24.0 Å². The molecule has 0 spiro atoms. The van der Waals surface area contributed by atoms with Crippen molar-refractivity contribution < 1.29 is 5.11 Å². The fourth-order valence-corrected chi connectivity index (χ4v) is 2.47. The highest BCUT2D eigenvalue weighted by Crippen LogP contribution is 2.29. The Bertz CT molecular complexity index is 329. The van der Waals surface area contributed by atoms with E-state index in [1.165, 1.54) is 37.7 Å². The number of hydrogen-bond donors (Lipinski definition) is 2. The van der Waals surface area contributed by atoms with Crippen molar-refractivity contribution in [3.8, 4) is 5.75 Å². The summed E-state index contributed by atoms with van der Waals surface area (Å²) in [5.74, 6) is 1.06. The van der Waals surface area contributed by atoms with Crippen LogP contribution in [0.15, 0.2) is 18.2 Å². The van der Waals surface area contributed by atoms with Crippen molar-refractivity contribution in [2.24, 2.45) is 5.92 Å². The summed E-state index contributed by atoms with van der Waals surface area (Å²) in [5.41, 5.74) is 7.81. The van der Waals surface area contributed by atoms with E-state index in [1.807, 2.05) is 6.07 Å². The van der Waals surface area contributed by atoms with Gasteiger partial charge in [0.1, 0.15) is 5.75 Å². The predicted octanol–water partition coefficient (Wildman–Crippen LogP) is 3.10. The minimum absolute atomic E-state index is 0.264. The lowest BCUT2D eigenvalue weighted by Gasteiger charge is -2.22. The minimum Gasteiger partial charge on any atom is -0.508 e. The predicted molar refractivity (Wildman–Crippen MR) is 62.8 cm³/mol. The lowest BCUT2D eigenvalue weighted by molar-refractivity contribution is 0.357. The van der Waals surface area contributed by atoms with E-state index >= 15 is 0 Å². The van der Waals surface area contributed by atoms with Crippen LogP contribution in [-0.2, 0) is 6.42 Å². The molecule has 0 bridgehead atoms. The molecule has 82 valence electrons. The van der Waals surface area contributed by atoms with Crippen LogP contribution in [0, 0.1) is 5.92 Å². The molecule has 3 N–H and O–H groups in total. The summed E-state index contributed by atoms with van der Waals surface area (Å²) in [6.07, 6.45) is 7.86. The van der Waals surface area contributed by atoms with Crippen molar-refractivity contribution in [2.75, 3.05) is 5.73 Å². The van der Waals surface area contributed by atoms with E-state index < -0.39 is 0 Å². The van der Waals surface area contributed by atoms with E-state index in [-0.39, 0.29) is 5.75 Å². The summed E-state index contributed by atoms with van der Waals surface area (Å²) in [4.78, 5) is 0. The molecule has 2 rings (SSSR count). The first kappa shape index (κ1) is 10.3. The average molecular weight is 205 g/mol. The van der Waals surface area contributed by atoms with Gasteiger partial charge < -0.3 is 10.8 Å². The third-order valence-corrected chi connectivity index (χ3v) is 3.36. The van der Waals surface area contributed by atoms with Crippen molar-refractivity contribution in [1.82, 2.24) is 0 Å². The Morgan fingerprint density at radius 2 is 1.93 bits per heavy atom. The zero-order valence-electron chi connectivity index (χ0n) is 9.08. The molecular formula is C13H19NO. The fraction of sp³-hybridized carbons (Fsp3) is 0.538. The molecule has 1 aromatic rings. The molecule has 0 saturated heterocycles. The Kier molecular flexibility index (Phi) is 3.14. The van der Waals surface area contributed by atoms with Crippen LogP contribution in [-0.4, -0.2) is 5.11 Å². The number of rotatable bonds is 2. The van der Waals surface area contributed by atoms with Crippen LogP contribution < -0.4 is 5.73 Å². The van der Waals surface area contributed by atoms with Crippen LogP contribution in [0.2, 0.25) is 0 Å². The first-order chi connectivity index (χ1) is 7.25. The third-order valence-electron chi connectivity index (χ3n) is 3.36. The first-order valence-corrected chi connectivity index (χ1v) is 5.83. The number of phenolic OH excluding ortho intramolecular Hbond substituents is 1. The number of phenols is 1. The Hall–Kier alpha value is -1.18. The molecule has 1 aliphatic carbocycles. The molecule has 1 fully saturated rings. The molecule has 1 saturated carbocycles. The third kappa shape index (κ3) is 2.65.